The van der Waals surface area contributed by atoms with E-state index in [9.17, 15) is 4.79 Å². The van der Waals surface area contributed by atoms with Gasteiger partial charge in [0, 0.05) is 6.54 Å². The molecule has 0 aliphatic rings. The van der Waals surface area contributed by atoms with Crippen LogP contribution >= 0.6 is 0 Å². The number of carbonyl (C=O) groups excluding carboxylic acids is 1. The van der Waals surface area contributed by atoms with Gasteiger partial charge in [-0.1, -0.05) is 29.8 Å². The number of carbonyl (C=O) groups is 1. The fourth-order valence-electron chi connectivity index (χ4n) is 1.81. The summed E-state index contributed by atoms with van der Waals surface area (Å²) in [4.78, 5) is 11.6. The van der Waals surface area contributed by atoms with Gasteiger partial charge in [0.05, 0.1) is 26.2 Å². The fraction of sp³-hybridized carbons (Fsp3) is 0.471. The normalized spacial score (nSPS) is 10.2. The Labute approximate surface area is 127 Å². The molecule has 1 aromatic carbocycles. The Hall–Kier alpha value is -1.81. The van der Waals surface area contributed by atoms with Gasteiger partial charge in [-0.25, -0.2) is 0 Å². The smallest absolute Gasteiger partial charge is 0.223 e. The molecule has 0 bridgehead atoms. The summed E-state index contributed by atoms with van der Waals surface area (Å²) in [5, 5.41) is 2.79. The molecule has 0 saturated carbocycles. The standard InChI is InChI=1S/C17H25NO3/c1-13(2)12-20-10-8-18-17(19)7-9-21-16-6-5-14(3)11-15(16)4/h5-6,11H,1,7-10,12H2,2-4H3,(H,18,19). The van der Waals surface area contributed by atoms with Gasteiger partial charge in [-0.2, -0.15) is 0 Å². The van der Waals surface area contributed by atoms with E-state index in [2.05, 4.69) is 18.0 Å². The molecule has 4 nitrogen and oxygen atoms in total. The quantitative estimate of drug-likeness (QED) is 0.562. The van der Waals surface area contributed by atoms with E-state index in [0.29, 0.717) is 32.8 Å². The van der Waals surface area contributed by atoms with Gasteiger partial charge in [0.1, 0.15) is 5.75 Å². The van der Waals surface area contributed by atoms with E-state index in [1.807, 2.05) is 32.9 Å². The summed E-state index contributed by atoms with van der Waals surface area (Å²) in [5.74, 6) is 0.803. The Balaban J connectivity index is 2.14. The van der Waals surface area contributed by atoms with Crippen molar-refractivity contribution < 1.29 is 14.3 Å². The molecule has 4 heteroatoms. The molecule has 0 heterocycles. The molecule has 0 radical (unpaired) electrons. The molecule has 0 aromatic heterocycles. The molecule has 0 spiro atoms. The van der Waals surface area contributed by atoms with Crippen molar-refractivity contribution >= 4 is 5.91 Å². The number of ether oxygens (including phenoxy) is 2. The van der Waals surface area contributed by atoms with Gasteiger partial charge in [-0.15, -0.1) is 0 Å². The molecule has 0 fully saturated rings. The number of aryl methyl sites for hydroxylation is 2. The third-order valence-corrected chi connectivity index (χ3v) is 2.83. The van der Waals surface area contributed by atoms with E-state index in [-0.39, 0.29) is 5.91 Å². The van der Waals surface area contributed by atoms with Crippen LogP contribution in [0.2, 0.25) is 0 Å². The zero-order valence-electron chi connectivity index (χ0n) is 13.2. The van der Waals surface area contributed by atoms with Crippen molar-refractivity contribution in [3.63, 3.8) is 0 Å². The second-order valence-corrected chi connectivity index (χ2v) is 5.23. The van der Waals surface area contributed by atoms with Crippen LogP contribution in [-0.4, -0.2) is 32.3 Å². The van der Waals surface area contributed by atoms with Crippen LogP contribution in [0.3, 0.4) is 0 Å². The van der Waals surface area contributed by atoms with E-state index in [1.54, 1.807) is 0 Å². The maximum atomic E-state index is 11.6. The third-order valence-electron chi connectivity index (χ3n) is 2.83. The average molecular weight is 291 g/mol. The highest BCUT2D eigenvalue weighted by Gasteiger charge is 2.03. The van der Waals surface area contributed by atoms with Crippen LogP contribution in [0.5, 0.6) is 5.75 Å². The first-order valence-electron chi connectivity index (χ1n) is 7.18. The molecule has 1 aromatic rings. The van der Waals surface area contributed by atoms with Gasteiger partial charge in [0.25, 0.3) is 0 Å². The van der Waals surface area contributed by atoms with Gasteiger partial charge >= 0.3 is 0 Å². The van der Waals surface area contributed by atoms with Crippen molar-refractivity contribution in [2.45, 2.75) is 27.2 Å². The lowest BCUT2D eigenvalue weighted by Crippen LogP contribution is -2.28. The second-order valence-electron chi connectivity index (χ2n) is 5.23. The first kappa shape index (κ1) is 17.2. The molecule has 0 aliphatic carbocycles. The van der Waals surface area contributed by atoms with Crippen molar-refractivity contribution in [2.24, 2.45) is 0 Å². The fourth-order valence-corrected chi connectivity index (χ4v) is 1.81. The Morgan fingerprint density at radius 3 is 2.71 bits per heavy atom. The topological polar surface area (TPSA) is 47.6 Å². The van der Waals surface area contributed by atoms with Gasteiger partial charge in [-0.05, 0) is 32.4 Å². The van der Waals surface area contributed by atoms with Crippen LogP contribution in [0.25, 0.3) is 0 Å². The first-order valence-corrected chi connectivity index (χ1v) is 7.18. The summed E-state index contributed by atoms with van der Waals surface area (Å²) in [6, 6.07) is 6.00. The van der Waals surface area contributed by atoms with Crippen LogP contribution in [0.4, 0.5) is 0 Å². The highest BCUT2D eigenvalue weighted by molar-refractivity contribution is 5.75. The molecule has 1 amide bonds. The predicted molar refractivity (Wildman–Crippen MR) is 84.7 cm³/mol. The molecular weight excluding hydrogens is 266 g/mol. The van der Waals surface area contributed by atoms with Crippen molar-refractivity contribution in [1.82, 2.24) is 5.32 Å². The Bertz CT molecular complexity index is 483. The summed E-state index contributed by atoms with van der Waals surface area (Å²) in [6.07, 6.45) is 0.341. The van der Waals surface area contributed by atoms with E-state index in [0.717, 1.165) is 16.9 Å². The second kappa shape index (κ2) is 9.19. The van der Waals surface area contributed by atoms with Crippen molar-refractivity contribution in [2.75, 3.05) is 26.4 Å². The van der Waals surface area contributed by atoms with Crippen LogP contribution in [0.15, 0.2) is 30.4 Å². The van der Waals surface area contributed by atoms with Gasteiger partial charge in [0.2, 0.25) is 5.91 Å². The Kier molecular flexibility index (Phi) is 7.54. The van der Waals surface area contributed by atoms with Crippen molar-refractivity contribution in [3.8, 4) is 5.75 Å². The summed E-state index contributed by atoms with van der Waals surface area (Å²) in [7, 11) is 0. The zero-order chi connectivity index (χ0) is 15.7. The van der Waals surface area contributed by atoms with Gasteiger partial charge in [0.15, 0.2) is 0 Å². The summed E-state index contributed by atoms with van der Waals surface area (Å²) >= 11 is 0. The Morgan fingerprint density at radius 1 is 1.29 bits per heavy atom. The number of hydrogen-bond donors (Lipinski definition) is 1. The first-order chi connectivity index (χ1) is 9.99. The summed E-state index contributed by atoms with van der Waals surface area (Å²) in [5.41, 5.74) is 3.26. The average Bonchev–Trinajstić information content (AvgIpc) is 2.40. The molecule has 1 rings (SSSR count). The van der Waals surface area contributed by atoms with E-state index in [1.165, 1.54) is 5.56 Å². The number of hydrogen-bond acceptors (Lipinski definition) is 3. The van der Waals surface area contributed by atoms with Crippen molar-refractivity contribution in [3.05, 3.63) is 41.5 Å². The van der Waals surface area contributed by atoms with E-state index in [4.69, 9.17) is 9.47 Å². The maximum Gasteiger partial charge on any atom is 0.223 e. The van der Waals surface area contributed by atoms with Gasteiger partial charge in [-0.3, -0.25) is 4.79 Å². The molecule has 0 saturated heterocycles. The number of amides is 1. The minimum atomic E-state index is -0.0290. The maximum absolute atomic E-state index is 11.6. The lowest BCUT2D eigenvalue weighted by Gasteiger charge is -2.10. The molecule has 1 N–H and O–H groups in total. The largest absolute Gasteiger partial charge is 0.493 e. The van der Waals surface area contributed by atoms with Crippen LogP contribution in [-0.2, 0) is 9.53 Å². The van der Waals surface area contributed by atoms with E-state index < -0.39 is 0 Å². The van der Waals surface area contributed by atoms with Gasteiger partial charge < -0.3 is 14.8 Å². The number of benzene rings is 1. The Morgan fingerprint density at radius 2 is 2.05 bits per heavy atom. The third kappa shape index (κ3) is 7.51. The zero-order valence-corrected chi connectivity index (χ0v) is 13.2. The highest BCUT2D eigenvalue weighted by atomic mass is 16.5. The molecule has 0 aliphatic heterocycles. The van der Waals surface area contributed by atoms with Crippen LogP contribution < -0.4 is 10.1 Å². The summed E-state index contributed by atoms with van der Waals surface area (Å²) < 4.78 is 10.9. The highest BCUT2D eigenvalue weighted by Crippen LogP contribution is 2.18. The predicted octanol–water partition coefficient (Wildman–Crippen LogP) is 2.78. The monoisotopic (exact) mass is 291 g/mol. The lowest BCUT2D eigenvalue weighted by atomic mass is 10.1. The molecule has 0 unspecified atom stereocenters. The minimum absolute atomic E-state index is 0.0290. The lowest BCUT2D eigenvalue weighted by molar-refractivity contribution is -0.121. The van der Waals surface area contributed by atoms with E-state index >= 15 is 0 Å². The summed E-state index contributed by atoms with van der Waals surface area (Å²) in [6.45, 7) is 11.6. The van der Waals surface area contributed by atoms with Crippen LogP contribution in [0, 0.1) is 13.8 Å². The molecular formula is C17H25NO3. The number of nitrogens with one attached hydrogen (secondary N) is 1. The minimum Gasteiger partial charge on any atom is -0.493 e. The molecule has 0 atom stereocenters. The molecule has 21 heavy (non-hydrogen) atoms. The SMILES string of the molecule is C=C(C)COCCNC(=O)CCOc1ccc(C)cc1C. The molecule has 116 valence electrons. The number of rotatable bonds is 9. The van der Waals surface area contributed by atoms with Crippen LogP contribution in [0.1, 0.15) is 24.5 Å². The van der Waals surface area contributed by atoms with Crippen molar-refractivity contribution in [1.29, 1.82) is 0 Å².